The van der Waals surface area contributed by atoms with Gasteiger partial charge in [0.15, 0.2) is 16.3 Å². The van der Waals surface area contributed by atoms with Crippen molar-refractivity contribution in [3.05, 3.63) is 81.4 Å². The van der Waals surface area contributed by atoms with Gasteiger partial charge in [-0.05, 0) is 71.2 Å². The summed E-state index contributed by atoms with van der Waals surface area (Å²) in [6.45, 7) is 4.92. The van der Waals surface area contributed by atoms with Gasteiger partial charge in [0, 0.05) is 11.4 Å². The van der Waals surface area contributed by atoms with E-state index >= 15 is 0 Å². The van der Waals surface area contributed by atoms with Gasteiger partial charge in [0.1, 0.15) is 5.75 Å². The summed E-state index contributed by atoms with van der Waals surface area (Å²) in [4.78, 5) is 43.4. The minimum Gasteiger partial charge on any atom is -0.493 e. The van der Waals surface area contributed by atoms with E-state index in [4.69, 9.17) is 18.9 Å². The van der Waals surface area contributed by atoms with Gasteiger partial charge in [0.25, 0.3) is 5.56 Å². The second-order valence-corrected chi connectivity index (χ2v) is 11.0. The van der Waals surface area contributed by atoms with Crippen LogP contribution in [-0.2, 0) is 14.3 Å². The first-order chi connectivity index (χ1) is 18.6. The van der Waals surface area contributed by atoms with Gasteiger partial charge in [-0.25, -0.2) is 9.79 Å². The van der Waals surface area contributed by atoms with E-state index in [1.807, 2.05) is 0 Å². The molecule has 0 saturated heterocycles. The van der Waals surface area contributed by atoms with Gasteiger partial charge in [-0.2, -0.15) is 0 Å². The summed E-state index contributed by atoms with van der Waals surface area (Å²) in [6, 6.07) is 7.74. The van der Waals surface area contributed by atoms with E-state index in [-0.39, 0.29) is 17.7 Å². The zero-order valence-electron chi connectivity index (χ0n) is 21.7. The number of rotatable bonds is 7. The maximum absolute atomic E-state index is 13.9. The number of aromatic nitrogens is 1. The van der Waals surface area contributed by atoms with E-state index in [9.17, 15) is 14.4 Å². The molecule has 0 bridgehead atoms. The van der Waals surface area contributed by atoms with Crippen molar-refractivity contribution in [2.24, 2.45) is 4.99 Å². The molecule has 39 heavy (non-hydrogen) atoms. The molecule has 2 heterocycles. The van der Waals surface area contributed by atoms with Gasteiger partial charge in [-0.3, -0.25) is 14.2 Å². The van der Waals surface area contributed by atoms with Crippen molar-refractivity contribution in [2.45, 2.75) is 26.8 Å². The number of esters is 2. The van der Waals surface area contributed by atoms with Crippen LogP contribution in [0, 0.1) is 0 Å². The van der Waals surface area contributed by atoms with E-state index in [0.717, 1.165) is 0 Å². The number of carbonyl (C=O) groups excluding carboxylic acids is 2. The molecule has 9 nitrogen and oxygen atoms in total. The Labute approximate surface area is 244 Å². The van der Waals surface area contributed by atoms with E-state index in [2.05, 4.69) is 36.9 Å². The number of fused-ring (bicyclic) bond motifs is 1. The summed E-state index contributed by atoms with van der Waals surface area (Å²) in [5.41, 5.74) is 1.66. The van der Waals surface area contributed by atoms with Crippen LogP contribution in [0.1, 0.15) is 37.9 Å². The first-order valence-corrected chi connectivity index (χ1v) is 14.1. The molecule has 1 aliphatic rings. The Morgan fingerprint density at radius 3 is 2.38 bits per heavy atom. The van der Waals surface area contributed by atoms with Crippen LogP contribution in [0.3, 0.4) is 0 Å². The highest BCUT2D eigenvalue weighted by Gasteiger charge is 2.35. The third-order valence-electron chi connectivity index (χ3n) is 5.82. The second-order valence-electron chi connectivity index (χ2n) is 8.31. The average molecular weight is 680 g/mol. The molecule has 2 aromatic carbocycles. The van der Waals surface area contributed by atoms with Crippen molar-refractivity contribution in [1.29, 1.82) is 0 Å². The van der Waals surface area contributed by atoms with Gasteiger partial charge < -0.3 is 18.9 Å². The number of thiazole rings is 1. The summed E-state index contributed by atoms with van der Waals surface area (Å²) in [5, 5.41) is 0. The predicted octanol–water partition coefficient (Wildman–Crippen LogP) is 4.27. The molecular weight excluding hydrogens is 656 g/mol. The molecule has 0 amide bonds. The molecule has 0 radical (unpaired) electrons. The number of halogens is 2. The van der Waals surface area contributed by atoms with E-state index in [1.165, 1.54) is 37.0 Å². The number of benzene rings is 2. The molecule has 0 N–H and O–H groups in total. The van der Waals surface area contributed by atoms with Crippen LogP contribution < -0.4 is 29.1 Å². The van der Waals surface area contributed by atoms with Crippen molar-refractivity contribution >= 4 is 61.2 Å². The predicted molar refractivity (Wildman–Crippen MR) is 153 cm³/mol. The SMILES string of the molecule is CCOC(=O)C1=C(C)N=c2s/c(=C\c3ccc(OC(C)=O)c(Br)c3)c(=O)n2[C@@H]1c1cc(OC)c(OC)cc1Br. The number of methoxy groups -OCH3 is 2. The molecule has 204 valence electrons. The average Bonchev–Trinajstić information content (AvgIpc) is 3.18. The molecule has 0 aliphatic carbocycles. The smallest absolute Gasteiger partial charge is 0.338 e. The minimum absolute atomic E-state index is 0.165. The van der Waals surface area contributed by atoms with Crippen LogP contribution in [-0.4, -0.2) is 37.3 Å². The molecular formula is C27H24Br2N2O7S. The van der Waals surface area contributed by atoms with Crippen molar-refractivity contribution in [1.82, 2.24) is 4.57 Å². The maximum atomic E-state index is 13.9. The highest BCUT2D eigenvalue weighted by atomic mass is 79.9. The van der Waals surface area contributed by atoms with Gasteiger partial charge in [-0.15, -0.1) is 0 Å². The molecule has 1 aromatic heterocycles. The Bertz CT molecular complexity index is 1690. The Balaban J connectivity index is 1.95. The number of nitrogens with zero attached hydrogens (tertiary/aromatic N) is 2. The van der Waals surface area contributed by atoms with Crippen LogP contribution in [0.25, 0.3) is 6.08 Å². The number of hydrogen-bond acceptors (Lipinski definition) is 9. The van der Waals surface area contributed by atoms with Gasteiger partial charge in [0.05, 0.1) is 47.1 Å². The lowest BCUT2D eigenvalue weighted by atomic mass is 9.95. The first-order valence-electron chi connectivity index (χ1n) is 11.7. The van der Waals surface area contributed by atoms with Crippen LogP contribution in [0.4, 0.5) is 0 Å². The van der Waals surface area contributed by atoms with E-state index in [0.29, 0.717) is 52.4 Å². The molecule has 1 atom stereocenters. The van der Waals surface area contributed by atoms with Crippen molar-refractivity contribution < 1.29 is 28.5 Å². The third-order valence-corrected chi connectivity index (χ3v) is 8.11. The van der Waals surface area contributed by atoms with Gasteiger partial charge in [0.2, 0.25) is 0 Å². The molecule has 0 fully saturated rings. The third kappa shape index (κ3) is 5.73. The first kappa shape index (κ1) is 28.8. The number of carbonyl (C=O) groups is 2. The van der Waals surface area contributed by atoms with Crippen molar-refractivity contribution in [3.8, 4) is 17.2 Å². The summed E-state index contributed by atoms with van der Waals surface area (Å²) < 4.78 is 24.5. The Hall–Kier alpha value is -3.22. The number of hydrogen-bond donors (Lipinski definition) is 0. The zero-order chi connectivity index (χ0) is 28.4. The minimum atomic E-state index is -0.838. The topological polar surface area (TPSA) is 105 Å². The van der Waals surface area contributed by atoms with Crippen LogP contribution in [0.5, 0.6) is 17.2 Å². The van der Waals surface area contributed by atoms with Crippen LogP contribution in [0.2, 0.25) is 0 Å². The largest absolute Gasteiger partial charge is 0.493 e. The highest BCUT2D eigenvalue weighted by Crippen LogP contribution is 2.40. The zero-order valence-corrected chi connectivity index (χ0v) is 25.7. The van der Waals surface area contributed by atoms with Crippen LogP contribution in [0.15, 0.2) is 60.3 Å². The molecule has 0 saturated carbocycles. The summed E-state index contributed by atoms with van der Waals surface area (Å²) in [5.74, 6) is 0.291. The highest BCUT2D eigenvalue weighted by molar-refractivity contribution is 9.10. The molecule has 0 spiro atoms. The number of allylic oxidation sites excluding steroid dienone is 1. The number of ether oxygens (including phenoxy) is 4. The quantitative estimate of drug-likeness (QED) is 0.271. The lowest BCUT2D eigenvalue weighted by Gasteiger charge is -2.26. The maximum Gasteiger partial charge on any atom is 0.338 e. The van der Waals surface area contributed by atoms with Crippen molar-refractivity contribution in [2.75, 3.05) is 20.8 Å². The normalized spacial score (nSPS) is 14.9. The fourth-order valence-electron chi connectivity index (χ4n) is 4.16. The summed E-state index contributed by atoms with van der Waals surface area (Å²) in [6.07, 6.45) is 1.72. The fourth-order valence-corrected chi connectivity index (χ4v) is 6.22. The lowest BCUT2D eigenvalue weighted by molar-refractivity contribution is -0.139. The molecule has 12 heteroatoms. The van der Waals surface area contributed by atoms with Gasteiger partial charge >= 0.3 is 11.9 Å². The monoisotopic (exact) mass is 678 g/mol. The molecule has 1 aliphatic heterocycles. The van der Waals surface area contributed by atoms with Crippen LogP contribution >= 0.6 is 43.2 Å². The standard InChI is InChI=1S/C27H24Br2N2O7S/c1-6-37-26(34)23-13(2)30-27-31(24(23)16-11-20(35-4)21(36-5)12-17(16)28)25(33)22(39-27)10-15-7-8-19(18(29)9-15)38-14(3)32/h7-12,24H,6H2,1-5H3/b22-10-/t24-/m1/s1. The van der Waals surface area contributed by atoms with E-state index < -0.39 is 18.0 Å². The van der Waals surface area contributed by atoms with Crippen molar-refractivity contribution in [3.63, 3.8) is 0 Å². The molecule has 0 unspecified atom stereocenters. The Morgan fingerprint density at radius 2 is 1.77 bits per heavy atom. The van der Waals surface area contributed by atoms with E-state index in [1.54, 1.807) is 50.3 Å². The Kier molecular flexibility index (Phi) is 8.77. The fraction of sp³-hybridized carbons (Fsp3) is 0.259. The molecule has 4 rings (SSSR count). The second kappa shape index (κ2) is 11.9. The Morgan fingerprint density at radius 1 is 1.08 bits per heavy atom. The molecule has 3 aromatic rings. The summed E-state index contributed by atoms with van der Waals surface area (Å²) in [7, 11) is 3.04. The lowest BCUT2D eigenvalue weighted by Crippen LogP contribution is -2.40. The van der Waals surface area contributed by atoms with Gasteiger partial charge in [-0.1, -0.05) is 33.3 Å². The summed E-state index contributed by atoms with van der Waals surface area (Å²) >= 11 is 8.19.